The summed E-state index contributed by atoms with van der Waals surface area (Å²) in [5.41, 5.74) is 2.51. The van der Waals surface area contributed by atoms with Crippen LogP contribution < -0.4 is 4.74 Å². The fourth-order valence-corrected chi connectivity index (χ4v) is 2.53. The standard InChI is InChI=1S/C17H14O4/c1-21-16-6-5-10(8-15(16)19)7-11-9-13-12(17(11)20)3-2-4-14(13)18/h2-8,18-19H,9H2,1H3/b11-7-. The number of phenols is 2. The van der Waals surface area contributed by atoms with Crippen LogP contribution in [0.2, 0.25) is 0 Å². The molecule has 0 amide bonds. The average Bonchev–Trinajstić information content (AvgIpc) is 2.78. The number of aromatic hydroxyl groups is 2. The maximum atomic E-state index is 12.3. The molecule has 0 heterocycles. The number of ketones is 1. The Bertz CT molecular complexity index is 759. The topological polar surface area (TPSA) is 66.8 Å². The molecule has 0 bridgehead atoms. The lowest BCUT2D eigenvalue weighted by Gasteiger charge is -2.04. The van der Waals surface area contributed by atoms with Crippen LogP contribution in [0.3, 0.4) is 0 Å². The van der Waals surface area contributed by atoms with E-state index >= 15 is 0 Å². The number of Topliss-reactive ketones (excluding diaryl/α,β-unsaturated/α-hetero) is 1. The molecular weight excluding hydrogens is 268 g/mol. The number of rotatable bonds is 2. The summed E-state index contributed by atoms with van der Waals surface area (Å²) in [6.45, 7) is 0. The molecular formula is C17H14O4. The normalized spacial score (nSPS) is 15.3. The fraction of sp³-hybridized carbons (Fsp3) is 0.118. The number of phenolic OH excluding ortho intramolecular Hbond substituents is 2. The first-order valence-corrected chi connectivity index (χ1v) is 6.53. The number of hydrogen-bond donors (Lipinski definition) is 2. The summed E-state index contributed by atoms with van der Waals surface area (Å²) in [6.07, 6.45) is 2.12. The van der Waals surface area contributed by atoms with E-state index in [-0.39, 0.29) is 17.3 Å². The number of carbonyl (C=O) groups excluding carboxylic acids is 1. The molecule has 0 spiro atoms. The van der Waals surface area contributed by atoms with Crippen molar-refractivity contribution in [3.05, 3.63) is 58.7 Å². The third kappa shape index (κ3) is 2.25. The number of allylic oxidation sites excluding steroid dienone is 1. The number of hydrogen-bond acceptors (Lipinski definition) is 4. The van der Waals surface area contributed by atoms with Crippen molar-refractivity contribution >= 4 is 11.9 Å². The highest BCUT2D eigenvalue weighted by Gasteiger charge is 2.26. The number of benzene rings is 2. The van der Waals surface area contributed by atoms with Crippen molar-refractivity contribution in [1.82, 2.24) is 0 Å². The first kappa shape index (κ1) is 13.2. The zero-order valence-corrected chi connectivity index (χ0v) is 11.5. The molecule has 0 aliphatic heterocycles. The number of fused-ring (bicyclic) bond motifs is 1. The van der Waals surface area contributed by atoms with Crippen molar-refractivity contribution in [2.24, 2.45) is 0 Å². The Labute approximate surface area is 121 Å². The second-order valence-corrected chi connectivity index (χ2v) is 4.91. The third-order valence-corrected chi connectivity index (χ3v) is 3.60. The highest BCUT2D eigenvalue weighted by molar-refractivity contribution is 6.16. The van der Waals surface area contributed by atoms with Gasteiger partial charge < -0.3 is 14.9 Å². The minimum Gasteiger partial charge on any atom is -0.508 e. The average molecular weight is 282 g/mol. The molecule has 1 aliphatic rings. The first-order valence-electron chi connectivity index (χ1n) is 6.53. The molecule has 21 heavy (non-hydrogen) atoms. The Morgan fingerprint density at radius 3 is 2.62 bits per heavy atom. The van der Waals surface area contributed by atoms with Gasteiger partial charge in [0.2, 0.25) is 0 Å². The summed E-state index contributed by atoms with van der Waals surface area (Å²) in [6, 6.07) is 9.90. The summed E-state index contributed by atoms with van der Waals surface area (Å²) in [5, 5.41) is 19.6. The van der Waals surface area contributed by atoms with E-state index in [1.807, 2.05) is 0 Å². The highest BCUT2D eigenvalue weighted by Crippen LogP contribution is 2.34. The molecule has 106 valence electrons. The van der Waals surface area contributed by atoms with E-state index in [0.717, 1.165) is 0 Å². The van der Waals surface area contributed by atoms with Gasteiger partial charge in [0.05, 0.1) is 7.11 Å². The number of ether oxygens (including phenoxy) is 1. The molecule has 0 radical (unpaired) electrons. The number of carbonyl (C=O) groups is 1. The Hall–Kier alpha value is -2.75. The molecule has 4 heteroatoms. The van der Waals surface area contributed by atoms with Gasteiger partial charge in [-0.25, -0.2) is 0 Å². The van der Waals surface area contributed by atoms with E-state index < -0.39 is 0 Å². The van der Waals surface area contributed by atoms with Crippen molar-refractivity contribution in [3.63, 3.8) is 0 Å². The second kappa shape index (κ2) is 4.98. The molecule has 3 rings (SSSR count). The van der Waals surface area contributed by atoms with Crippen LogP contribution in [-0.4, -0.2) is 23.1 Å². The molecule has 2 aromatic rings. The second-order valence-electron chi connectivity index (χ2n) is 4.91. The predicted octanol–water partition coefficient (Wildman–Crippen LogP) is 2.93. The summed E-state index contributed by atoms with van der Waals surface area (Å²) < 4.78 is 4.99. The van der Waals surface area contributed by atoms with Crippen LogP contribution in [0.4, 0.5) is 0 Å². The lowest BCUT2D eigenvalue weighted by Crippen LogP contribution is -1.95. The van der Waals surface area contributed by atoms with Gasteiger partial charge in [0, 0.05) is 23.1 Å². The van der Waals surface area contributed by atoms with Gasteiger partial charge in [-0.3, -0.25) is 4.79 Å². The van der Waals surface area contributed by atoms with E-state index in [1.165, 1.54) is 7.11 Å². The SMILES string of the molecule is COc1ccc(/C=C2/Cc3c(O)cccc3C2=O)cc1O. The monoisotopic (exact) mass is 282 g/mol. The highest BCUT2D eigenvalue weighted by atomic mass is 16.5. The molecule has 2 aromatic carbocycles. The zero-order valence-electron chi connectivity index (χ0n) is 11.5. The van der Waals surface area contributed by atoms with Crippen LogP contribution in [-0.2, 0) is 6.42 Å². The van der Waals surface area contributed by atoms with Gasteiger partial charge in [0.15, 0.2) is 17.3 Å². The molecule has 0 aromatic heterocycles. The van der Waals surface area contributed by atoms with Crippen molar-refractivity contribution in [2.75, 3.05) is 7.11 Å². The van der Waals surface area contributed by atoms with Gasteiger partial charge in [-0.1, -0.05) is 18.2 Å². The van der Waals surface area contributed by atoms with E-state index in [0.29, 0.717) is 34.4 Å². The Balaban J connectivity index is 1.98. The van der Waals surface area contributed by atoms with Crippen LogP contribution in [0.25, 0.3) is 6.08 Å². The van der Waals surface area contributed by atoms with Crippen molar-refractivity contribution in [3.8, 4) is 17.2 Å². The van der Waals surface area contributed by atoms with Crippen LogP contribution in [0.5, 0.6) is 17.2 Å². The maximum absolute atomic E-state index is 12.3. The molecule has 2 N–H and O–H groups in total. The first-order chi connectivity index (χ1) is 10.1. The minimum absolute atomic E-state index is 0.0256. The minimum atomic E-state index is -0.0868. The molecule has 0 unspecified atom stereocenters. The Morgan fingerprint density at radius 2 is 1.95 bits per heavy atom. The Kier molecular flexibility index (Phi) is 3.14. The third-order valence-electron chi connectivity index (χ3n) is 3.60. The molecule has 0 atom stereocenters. The zero-order chi connectivity index (χ0) is 15.0. The van der Waals surface area contributed by atoms with Crippen LogP contribution in [0.15, 0.2) is 42.0 Å². The van der Waals surface area contributed by atoms with Gasteiger partial charge in [0.1, 0.15) is 5.75 Å². The molecule has 0 fully saturated rings. The van der Waals surface area contributed by atoms with Crippen LogP contribution in [0, 0.1) is 0 Å². The van der Waals surface area contributed by atoms with E-state index in [9.17, 15) is 15.0 Å². The maximum Gasteiger partial charge on any atom is 0.189 e. The van der Waals surface area contributed by atoms with Gasteiger partial charge in [-0.05, 0) is 29.8 Å². The molecule has 0 saturated heterocycles. The lowest BCUT2D eigenvalue weighted by atomic mass is 10.1. The summed E-state index contributed by atoms with van der Waals surface area (Å²) in [5.74, 6) is 0.464. The number of methoxy groups -OCH3 is 1. The molecule has 4 nitrogen and oxygen atoms in total. The molecule has 1 aliphatic carbocycles. The van der Waals surface area contributed by atoms with Crippen molar-refractivity contribution in [1.29, 1.82) is 0 Å². The van der Waals surface area contributed by atoms with Gasteiger partial charge in [-0.2, -0.15) is 0 Å². The Morgan fingerprint density at radius 1 is 1.14 bits per heavy atom. The summed E-state index contributed by atoms with van der Waals surface area (Å²) >= 11 is 0. The van der Waals surface area contributed by atoms with Gasteiger partial charge in [-0.15, -0.1) is 0 Å². The summed E-state index contributed by atoms with van der Waals surface area (Å²) in [7, 11) is 1.48. The quantitative estimate of drug-likeness (QED) is 0.831. The largest absolute Gasteiger partial charge is 0.508 e. The van der Waals surface area contributed by atoms with Crippen molar-refractivity contribution in [2.45, 2.75) is 6.42 Å². The van der Waals surface area contributed by atoms with Crippen molar-refractivity contribution < 1.29 is 19.7 Å². The van der Waals surface area contributed by atoms with Gasteiger partial charge >= 0.3 is 0 Å². The van der Waals surface area contributed by atoms with Gasteiger partial charge in [0.25, 0.3) is 0 Å². The van der Waals surface area contributed by atoms with E-state index in [1.54, 1.807) is 42.5 Å². The smallest absolute Gasteiger partial charge is 0.189 e. The molecule has 0 saturated carbocycles. The lowest BCUT2D eigenvalue weighted by molar-refractivity contribution is 0.104. The van der Waals surface area contributed by atoms with Crippen LogP contribution >= 0.6 is 0 Å². The summed E-state index contributed by atoms with van der Waals surface area (Å²) in [4.78, 5) is 12.3. The van der Waals surface area contributed by atoms with E-state index in [4.69, 9.17) is 4.74 Å². The van der Waals surface area contributed by atoms with E-state index in [2.05, 4.69) is 0 Å². The predicted molar refractivity (Wildman–Crippen MR) is 78.8 cm³/mol. The fourth-order valence-electron chi connectivity index (χ4n) is 2.53. The van der Waals surface area contributed by atoms with Crippen LogP contribution in [0.1, 0.15) is 21.5 Å².